The number of hydrogen-bond acceptors (Lipinski definition) is 7. The molecule has 0 spiro atoms. The summed E-state index contributed by atoms with van der Waals surface area (Å²) in [6.07, 6.45) is 2.29. The fraction of sp³-hybridized carbons (Fsp3) is 0.192. The van der Waals surface area contributed by atoms with Crippen molar-refractivity contribution in [2.45, 2.75) is 25.7 Å². The first kappa shape index (κ1) is 26.0. The molecule has 0 saturated carbocycles. The molecular formula is C26H28N6O4. The molecule has 0 aliphatic carbocycles. The van der Waals surface area contributed by atoms with Crippen LogP contribution in [0, 0.1) is 5.41 Å². The maximum Gasteiger partial charge on any atom is 0.337 e. The molecule has 2 amide bonds. The number of nitrogens with one attached hydrogen (secondary N) is 4. The molecule has 10 heteroatoms. The molecule has 0 saturated heterocycles. The van der Waals surface area contributed by atoms with E-state index in [1.165, 1.54) is 7.11 Å². The van der Waals surface area contributed by atoms with Crippen LogP contribution < -0.4 is 21.7 Å². The molecule has 0 bridgehead atoms. The van der Waals surface area contributed by atoms with Crippen molar-refractivity contribution >= 4 is 23.6 Å². The Morgan fingerprint density at radius 1 is 0.889 bits per heavy atom. The molecule has 0 aliphatic rings. The Balaban J connectivity index is 1.65. The van der Waals surface area contributed by atoms with Crippen molar-refractivity contribution in [3.63, 3.8) is 0 Å². The number of nitrogens with zero attached hydrogens (tertiary/aromatic N) is 1. The maximum absolute atomic E-state index is 12.9. The van der Waals surface area contributed by atoms with Gasteiger partial charge in [0.25, 0.3) is 5.91 Å². The van der Waals surface area contributed by atoms with Crippen molar-refractivity contribution in [3.8, 4) is 0 Å². The van der Waals surface area contributed by atoms with Gasteiger partial charge in [-0.05, 0) is 41.0 Å². The number of amides is 2. The van der Waals surface area contributed by atoms with Gasteiger partial charge in [0.2, 0.25) is 5.91 Å². The lowest BCUT2D eigenvalue weighted by Gasteiger charge is -2.20. The van der Waals surface area contributed by atoms with E-state index in [1.54, 1.807) is 73.1 Å². The van der Waals surface area contributed by atoms with Crippen LogP contribution in [0.1, 0.15) is 32.6 Å². The number of amidine groups is 1. The van der Waals surface area contributed by atoms with Crippen LogP contribution in [0.5, 0.6) is 0 Å². The number of benzene rings is 2. The average molecular weight is 489 g/mol. The summed E-state index contributed by atoms with van der Waals surface area (Å²) in [5.74, 6) is -1.27. The topological polar surface area (TPSA) is 159 Å². The summed E-state index contributed by atoms with van der Waals surface area (Å²) in [5, 5.41) is 16.1. The molecule has 0 radical (unpaired) electrons. The minimum Gasteiger partial charge on any atom is -0.465 e. The van der Waals surface area contributed by atoms with E-state index >= 15 is 0 Å². The molecule has 0 fully saturated rings. The lowest BCUT2D eigenvalue weighted by Crippen LogP contribution is -2.54. The zero-order valence-corrected chi connectivity index (χ0v) is 19.8. The number of aromatic nitrogens is 1. The number of nitrogens with two attached hydrogens (primary N) is 1. The number of nitrogen functional groups attached to an aromatic ring is 1. The minimum atomic E-state index is -0.999. The summed E-state index contributed by atoms with van der Waals surface area (Å²) < 4.78 is 4.68. The Labute approximate surface area is 208 Å². The normalized spacial score (nSPS) is 11.2. The van der Waals surface area contributed by atoms with E-state index in [9.17, 15) is 14.4 Å². The third kappa shape index (κ3) is 7.74. The molecule has 3 rings (SSSR count). The molecule has 0 aliphatic heterocycles. The summed E-state index contributed by atoms with van der Waals surface area (Å²) in [6.45, 7) is 0.567. The molecule has 2 aromatic carbocycles. The van der Waals surface area contributed by atoms with Gasteiger partial charge < -0.3 is 21.1 Å². The molecule has 1 aromatic heterocycles. The van der Waals surface area contributed by atoms with Gasteiger partial charge in [-0.15, -0.1) is 0 Å². The van der Waals surface area contributed by atoms with Crippen LogP contribution in [0.4, 0.5) is 0 Å². The molecule has 1 atom stereocenters. The fourth-order valence-corrected chi connectivity index (χ4v) is 3.30. The number of pyridine rings is 1. The average Bonchev–Trinajstić information content (AvgIpc) is 2.90. The van der Waals surface area contributed by atoms with E-state index in [4.69, 9.17) is 11.1 Å². The summed E-state index contributed by atoms with van der Waals surface area (Å²) >= 11 is 0. The van der Waals surface area contributed by atoms with Crippen molar-refractivity contribution in [2.24, 2.45) is 5.73 Å². The Morgan fingerprint density at radius 2 is 1.47 bits per heavy atom. The quantitative estimate of drug-likeness (QED) is 0.117. The van der Waals surface area contributed by atoms with Gasteiger partial charge in [-0.25, -0.2) is 4.79 Å². The molecule has 6 N–H and O–H groups in total. The Morgan fingerprint density at radius 3 is 2.08 bits per heavy atom. The summed E-state index contributed by atoms with van der Waals surface area (Å²) in [6, 6.07) is 17.1. The van der Waals surface area contributed by atoms with E-state index in [-0.39, 0.29) is 24.7 Å². The first-order chi connectivity index (χ1) is 17.4. The smallest absolute Gasteiger partial charge is 0.337 e. The van der Waals surface area contributed by atoms with Gasteiger partial charge in [0.15, 0.2) is 6.17 Å². The highest BCUT2D eigenvalue weighted by Gasteiger charge is 2.20. The van der Waals surface area contributed by atoms with Crippen LogP contribution in [-0.4, -0.2) is 41.9 Å². The SMILES string of the molecule is COC(=O)c1ccc(CC(=O)NC(NCc2ccc(C(=N)N)cc2)C(=O)NCc2ccncc2)cc1. The number of carbonyl (C=O) groups is 3. The molecule has 36 heavy (non-hydrogen) atoms. The van der Waals surface area contributed by atoms with E-state index < -0.39 is 18.0 Å². The summed E-state index contributed by atoms with van der Waals surface area (Å²) in [5.41, 5.74) is 8.86. The maximum atomic E-state index is 12.9. The standard InChI is InChI=1S/C26H28N6O4/c1-36-26(35)21-8-2-17(3-9-21)14-22(33)32-24(25(34)31-16-19-10-12-29-13-11-19)30-15-18-4-6-20(7-5-18)23(27)28/h2-13,24,30H,14-16H2,1H3,(H3,27,28)(H,31,34)(H,32,33). The number of ether oxygens (including phenoxy) is 1. The second kappa shape index (κ2) is 12.8. The Kier molecular flexibility index (Phi) is 9.24. The highest BCUT2D eigenvalue weighted by atomic mass is 16.5. The number of methoxy groups -OCH3 is 1. The number of carbonyl (C=O) groups excluding carboxylic acids is 3. The largest absolute Gasteiger partial charge is 0.465 e. The monoisotopic (exact) mass is 488 g/mol. The minimum absolute atomic E-state index is 0.0184. The molecule has 186 valence electrons. The number of hydrogen-bond donors (Lipinski definition) is 5. The zero-order valence-electron chi connectivity index (χ0n) is 19.8. The van der Waals surface area contributed by atoms with E-state index in [2.05, 4.69) is 25.7 Å². The van der Waals surface area contributed by atoms with Crippen molar-refractivity contribution in [1.29, 1.82) is 5.41 Å². The number of rotatable bonds is 11. The lowest BCUT2D eigenvalue weighted by atomic mass is 10.1. The van der Waals surface area contributed by atoms with Gasteiger partial charge in [0.05, 0.1) is 19.1 Å². The van der Waals surface area contributed by atoms with Crippen molar-refractivity contribution in [1.82, 2.24) is 20.9 Å². The van der Waals surface area contributed by atoms with E-state index in [0.717, 1.165) is 11.1 Å². The Bertz CT molecular complexity index is 1200. The van der Waals surface area contributed by atoms with Crippen LogP contribution in [0.25, 0.3) is 0 Å². The van der Waals surface area contributed by atoms with Crippen LogP contribution in [0.2, 0.25) is 0 Å². The Hall–Kier alpha value is -4.57. The summed E-state index contributed by atoms with van der Waals surface area (Å²) in [4.78, 5) is 41.2. The number of esters is 1. The molecule has 3 aromatic rings. The molecule has 10 nitrogen and oxygen atoms in total. The van der Waals surface area contributed by atoms with E-state index in [0.29, 0.717) is 23.2 Å². The van der Waals surface area contributed by atoms with Gasteiger partial charge >= 0.3 is 5.97 Å². The summed E-state index contributed by atoms with van der Waals surface area (Å²) in [7, 11) is 1.30. The van der Waals surface area contributed by atoms with Gasteiger partial charge in [-0.3, -0.25) is 25.3 Å². The third-order valence-corrected chi connectivity index (χ3v) is 5.30. The van der Waals surface area contributed by atoms with Gasteiger partial charge in [0, 0.05) is 31.0 Å². The van der Waals surface area contributed by atoms with Gasteiger partial charge in [0.1, 0.15) is 5.84 Å². The second-order valence-electron chi connectivity index (χ2n) is 7.93. The van der Waals surface area contributed by atoms with Crippen molar-refractivity contribution in [2.75, 3.05) is 7.11 Å². The predicted molar refractivity (Wildman–Crippen MR) is 134 cm³/mol. The highest BCUT2D eigenvalue weighted by Crippen LogP contribution is 2.07. The van der Waals surface area contributed by atoms with Gasteiger partial charge in [-0.1, -0.05) is 36.4 Å². The van der Waals surface area contributed by atoms with Crippen LogP contribution in [0.15, 0.2) is 73.1 Å². The highest BCUT2D eigenvalue weighted by molar-refractivity contribution is 5.95. The predicted octanol–water partition coefficient (Wildman–Crippen LogP) is 1.24. The van der Waals surface area contributed by atoms with Crippen molar-refractivity contribution < 1.29 is 19.1 Å². The van der Waals surface area contributed by atoms with Crippen molar-refractivity contribution in [3.05, 3.63) is 101 Å². The van der Waals surface area contributed by atoms with Crippen LogP contribution >= 0.6 is 0 Å². The molecule has 1 heterocycles. The third-order valence-electron chi connectivity index (χ3n) is 5.30. The zero-order chi connectivity index (χ0) is 25.9. The molecule has 1 unspecified atom stereocenters. The lowest BCUT2D eigenvalue weighted by molar-refractivity contribution is -0.129. The van der Waals surface area contributed by atoms with Crippen LogP contribution in [0.3, 0.4) is 0 Å². The van der Waals surface area contributed by atoms with Gasteiger partial charge in [-0.2, -0.15) is 0 Å². The fourth-order valence-electron chi connectivity index (χ4n) is 3.30. The molecular weight excluding hydrogens is 460 g/mol. The van der Waals surface area contributed by atoms with Crippen LogP contribution in [-0.2, 0) is 33.8 Å². The first-order valence-corrected chi connectivity index (χ1v) is 11.2. The second-order valence-corrected chi connectivity index (χ2v) is 7.93. The first-order valence-electron chi connectivity index (χ1n) is 11.2. The van der Waals surface area contributed by atoms with E-state index in [1.807, 2.05) is 0 Å².